The van der Waals surface area contributed by atoms with Crippen molar-refractivity contribution in [2.45, 2.75) is 6.42 Å². The van der Waals surface area contributed by atoms with Gasteiger partial charge >= 0.3 is 0 Å². The minimum absolute atomic E-state index is 0.0738. The van der Waals surface area contributed by atoms with Gasteiger partial charge in [0.1, 0.15) is 6.26 Å². The minimum Gasteiger partial charge on any atom is -0.451 e. The van der Waals surface area contributed by atoms with Crippen LogP contribution in [0.2, 0.25) is 0 Å². The molecule has 0 unspecified atom stereocenters. The summed E-state index contributed by atoms with van der Waals surface area (Å²) in [4.78, 5) is 14.8. The van der Waals surface area contributed by atoms with Crippen LogP contribution in [0.5, 0.6) is 0 Å². The monoisotopic (exact) mass is 248 g/mol. The molecule has 0 fully saturated rings. The van der Waals surface area contributed by atoms with E-state index in [1.54, 1.807) is 0 Å². The van der Waals surface area contributed by atoms with Crippen LogP contribution in [0.15, 0.2) is 17.1 Å². The van der Waals surface area contributed by atoms with Crippen molar-refractivity contribution < 1.29 is 22.4 Å². The lowest BCUT2D eigenvalue weighted by Gasteiger charge is -2.04. The topological polar surface area (TPSA) is 98.5 Å². The lowest BCUT2D eigenvalue weighted by molar-refractivity contribution is 0.0976. The molecular formula is C8H12N2O5S. The number of nitrogens with one attached hydrogen (secondary N) is 1. The Labute approximate surface area is 92.9 Å². The number of carbonyl (C=O) groups is 1. The van der Waals surface area contributed by atoms with Crippen molar-refractivity contribution in [2.75, 3.05) is 19.5 Å². The maximum absolute atomic E-state index is 11.4. The van der Waals surface area contributed by atoms with E-state index in [2.05, 4.69) is 9.40 Å². The number of rotatable bonds is 6. The molecule has 0 saturated heterocycles. The summed E-state index contributed by atoms with van der Waals surface area (Å²) < 4.78 is 33.9. The van der Waals surface area contributed by atoms with Crippen molar-refractivity contribution in [2.24, 2.45) is 0 Å². The van der Waals surface area contributed by atoms with Gasteiger partial charge in [0.05, 0.1) is 5.75 Å². The zero-order valence-electron chi connectivity index (χ0n) is 8.67. The van der Waals surface area contributed by atoms with Crippen LogP contribution in [0.1, 0.15) is 16.9 Å². The van der Waals surface area contributed by atoms with E-state index in [4.69, 9.17) is 4.74 Å². The van der Waals surface area contributed by atoms with Crippen molar-refractivity contribution >= 4 is 15.9 Å². The van der Waals surface area contributed by atoms with Crippen LogP contribution in [-0.4, -0.2) is 38.8 Å². The van der Waals surface area contributed by atoms with Gasteiger partial charge in [-0.2, -0.15) is 0 Å². The summed E-state index contributed by atoms with van der Waals surface area (Å²) >= 11 is 0. The number of amides is 1. The Morgan fingerprint density at radius 2 is 2.38 bits per heavy atom. The van der Waals surface area contributed by atoms with E-state index < -0.39 is 15.9 Å². The first-order valence-corrected chi connectivity index (χ1v) is 6.12. The number of sulfonamides is 1. The maximum Gasteiger partial charge on any atom is 0.286 e. The zero-order valence-corrected chi connectivity index (χ0v) is 9.49. The molecule has 1 aromatic rings. The summed E-state index contributed by atoms with van der Waals surface area (Å²) in [6.07, 6.45) is 2.43. The molecule has 0 atom stereocenters. The van der Waals surface area contributed by atoms with Gasteiger partial charge in [-0.1, -0.05) is 0 Å². The van der Waals surface area contributed by atoms with Crippen molar-refractivity contribution in [3.05, 3.63) is 18.4 Å². The number of nitrogens with zero attached hydrogens (tertiary/aromatic N) is 1. The van der Waals surface area contributed by atoms with Crippen molar-refractivity contribution in [3.8, 4) is 0 Å². The van der Waals surface area contributed by atoms with Crippen LogP contribution in [0.3, 0.4) is 0 Å². The zero-order chi connectivity index (χ0) is 12.0. The van der Waals surface area contributed by atoms with E-state index in [0.29, 0.717) is 13.0 Å². The summed E-state index contributed by atoms with van der Waals surface area (Å²) in [5.74, 6) is -0.976. The van der Waals surface area contributed by atoms with Crippen LogP contribution < -0.4 is 4.72 Å². The van der Waals surface area contributed by atoms with Gasteiger partial charge in [0.25, 0.3) is 5.91 Å². The average molecular weight is 248 g/mol. The molecule has 1 amide bonds. The average Bonchev–Trinajstić information content (AvgIpc) is 2.69. The highest BCUT2D eigenvalue weighted by atomic mass is 32.2. The molecular weight excluding hydrogens is 236 g/mol. The number of hydrogen-bond acceptors (Lipinski definition) is 6. The first kappa shape index (κ1) is 12.7. The predicted octanol–water partition coefficient (Wildman–Crippen LogP) is -0.229. The number of methoxy groups -OCH3 is 1. The third kappa shape index (κ3) is 3.99. The Hall–Kier alpha value is -1.41. The fourth-order valence-corrected chi connectivity index (χ4v) is 1.95. The van der Waals surface area contributed by atoms with E-state index in [-0.39, 0.29) is 11.4 Å². The maximum atomic E-state index is 11.4. The van der Waals surface area contributed by atoms with E-state index in [0.717, 1.165) is 12.7 Å². The number of hydrogen-bond donors (Lipinski definition) is 1. The second-order valence-electron chi connectivity index (χ2n) is 2.97. The molecule has 0 aliphatic heterocycles. The highest BCUT2D eigenvalue weighted by Gasteiger charge is 2.17. The molecule has 0 bridgehead atoms. The molecule has 90 valence electrons. The van der Waals surface area contributed by atoms with Gasteiger partial charge < -0.3 is 9.15 Å². The molecule has 1 rings (SSSR count). The molecule has 0 saturated carbocycles. The molecule has 8 heteroatoms. The van der Waals surface area contributed by atoms with Gasteiger partial charge in [0.15, 0.2) is 12.1 Å². The summed E-state index contributed by atoms with van der Waals surface area (Å²) in [6.45, 7) is 0.319. The van der Waals surface area contributed by atoms with Gasteiger partial charge in [0.2, 0.25) is 10.0 Å². The molecule has 0 aliphatic rings. The highest BCUT2D eigenvalue weighted by Crippen LogP contribution is 1.97. The van der Waals surface area contributed by atoms with Crippen LogP contribution in [0.4, 0.5) is 0 Å². The summed E-state index contributed by atoms with van der Waals surface area (Å²) in [5.41, 5.74) is -0.0738. The van der Waals surface area contributed by atoms with E-state index >= 15 is 0 Å². The number of oxazole rings is 1. The van der Waals surface area contributed by atoms with Gasteiger partial charge in [0, 0.05) is 13.7 Å². The van der Waals surface area contributed by atoms with E-state index in [1.807, 2.05) is 4.72 Å². The van der Waals surface area contributed by atoms with Crippen molar-refractivity contribution in [3.63, 3.8) is 0 Å². The first-order chi connectivity index (χ1) is 7.55. The standard InChI is InChI=1S/C8H12N2O5S/c1-14-3-2-4-16(12,13)10-8(11)7-5-15-6-9-7/h5-6H,2-4H2,1H3,(H,10,11). The van der Waals surface area contributed by atoms with Gasteiger partial charge in [-0.3, -0.25) is 4.79 Å². The van der Waals surface area contributed by atoms with Crippen molar-refractivity contribution in [1.29, 1.82) is 0 Å². The smallest absolute Gasteiger partial charge is 0.286 e. The van der Waals surface area contributed by atoms with E-state index in [1.165, 1.54) is 7.11 Å². The Balaban J connectivity index is 2.50. The molecule has 1 aromatic heterocycles. The largest absolute Gasteiger partial charge is 0.451 e. The second kappa shape index (κ2) is 5.61. The Kier molecular flexibility index (Phi) is 4.44. The summed E-state index contributed by atoms with van der Waals surface area (Å²) in [5, 5.41) is 0. The molecule has 16 heavy (non-hydrogen) atoms. The van der Waals surface area contributed by atoms with E-state index in [9.17, 15) is 13.2 Å². The molecule has 1 N–H and O–H groups in total. The second-order valence-corrected chi connectivity index (χ2v) is 4.81. The molecule has 7 nitrogen and oxygen atoms in total. The number of ether oxygens (including phenoxy) is 1. The Bertz CT molecular complexity index is 425. The Morgan fingerprint density at radius 1 is 1.62 bits per heavy atom. The molecule has 0 aliphatic carbocycles. The minimum atomic E-state index is -3.64. The molecule has 0 aromatic carbocycles. The molecule has 0 spiro atoms. The van der Waals surface area contributed by atoms with Crippen molar-refractivity contribution in [1.82, 2.24) is 9.71 Å². The van der Waals surface area contributed by atoms with Gasteiger partial charge in [-0.05, 0) is 6.42 Å². The molecule has 0 radical (unpaired) electrons. The fraction of sp³-hybridized carbons (Fsp3) is 0.500. The highest BCUT2D eigenvalue weighted by molar-refractivity contribution is 7.90. The van der Waals surface area contributed by atoms with Crippen LogP contribution in [0, 0.1) is 0 Å². The third-order valence-electron chi connectivity index (χ3n) is 1.67. The summed E-state index contributed by atoms with van der Waals surface area (Å²) in [6, 6.07) is 0. The van der Waals surface area contributed by atoms with Crippen LogP contribution in [-0.2, 0) is 14.8 Å². The summed E-state index contributed by atoms with van der Waals surface area (Å²) in [7, 11) is -2.17. The lowest BCUT2D eigenvalue weighted by Crippen LogP contribution is -2.33. The SMILES string of the molecule is COCCCS(=O)(=O)NC(=O)c1cocn1. The number of aromatic nitrogens is 1. The number of carbonyl (C=O) groups excluding carboxylic acids is 1. The Morgan fingerprint density at radius 3 is 2.94 bits per heavy atom. The third-order valence-corrected chi connectivity index (χ3v) is 3.00. The quantitative estimate of drug-likeness (QED) is 0.698. The fourth-order valence-electron chi connectivity index (χ4n) is 0.962. The lowest BCUT2D eigenvalue weighted by atomic mass is 10.5. The van der Waals surface area contributed by atoms with Crippen LogP contribution >= 0.6 is 0 Å². The molecule has 1 heterocycles. The van der Waals surface area contributed by atoms with Crippen LogP contribution in [0.25, 0.3) is 0 Å². The van der Waals surface area contributed by atoms with Gasteiger partial charge in [-0.25, -0.2) is 18.1 Å². The predicted molar refractivity (Wildman–Crippen MR) is 54.2 cm³/mol. The normalized spacial score (nSPS) is 11.3. The first-order valence-electron chi connectivity index (χ1n) is 4.47. The van der Waals surface area contributed by atoms with Gasteiger partial charge in [-0.15, -0.1) is 0 Å².